The van der Waals surface area contributed by atoms with E-state index in [1.807, 2.05) is 0 Å². The molecule has 2 bridgehead atoms. The van der Waals surface area contributed by atoms with Crippen LogP contribution < -0.4 is 11.1 Å². The van der Waals surface area contributed by atoms with E-state index < -0.39 is 0 Å². The van der Waals surface area contributed by atoms with Gasteiger partial charge in [-0.15, -0.1) is 0 Å². The van der Waals surface area contributed by atoms with Crippen LogP contribution in [0.1, 0.15) is 30.5 Å². The fraction of sp³-hybridized carbons (Fsp3) is 0.583. The third kappa shape index (κ3) is 1.70. The number of carbonyl (C=O) groups excluding carboxylic acids is 1. The first-order valence-corrected chi connectivity index (χ1v) is 7.50. The molecule has 3 saturated carbocycles. The van der Waals surface area contributed by atoms with Gasteiger partial charge in [-0.25, -0.2) is 14.8 Å². The molecule has 3 N–H and O–H groups in total. The maximum atomic E-state index is 12.3. The number of nitrogens with one attached hydrogen (secondary N) is 1. The largest absolute Gasteiger partial charge is 0.368 e. The Morgan fingerprint density at radius 3 is 2.74 bits per heavy atom. The Balaban J connectivity index is 1.50. The standard InChI is InChI=1S/C12H14IN5O/c13-9-7-4-18(5-8(7)15-10(14)16-9)11(19)17-12-1-6(2-12)3-12/h6H,1-5H2,(H,17,19)(H2,14,15,16). The molecule has 7 heteroatoms. The number of halogens is 1. The van der Waals surface area contributed by atoms with E-state index in [4.69, 9.17) is 5.73 Å². The number of urea groups is 1. The molecular weight excluding hydrogens is 357 g/mol. The Labute approximate surface area is 124 Å². The van der Waals surface area contributed by atoms with E-state index >= 15 is 0 Å². The fourth-order valence-electron chi connectivity index (χ4n) is 3.31. The van der Waals surface area contributed by atoms with Gasteiger partial charge in [-0.05, 0) is 47.8 Å². The number of hydrogen-bond acceptors (Lipinski definition) is 4. The Hall–Kier alpha value is -1.12. The highest BCUT2D eigenvalue weighted by molar-refractivity contribution is 14.1. The van der Waals surface area contributed by atoms with Crippen LogP contribution in [0.5, 0.6) is 0 Å². The third-order valence-electron chi connectivity index (χ3n) is 4.45. The zero-order valence-electron chi connectivity index (χ0n) is 10.3. The predicted octanol–water partition coefficient (Wildman–Crippen LogP) is 1.24. The second-order valence-electron chi connectivity index (χ2n) is 5.84. The lowest BCUT2D eigenvalue weighted by molar-refractivity contribution is -0.0434. The summed E-state index contributed by atoms with van der Waals surface area (Å²) < 4.78 is 0.848. The molecule has 1 aromatic heterocycles. The SMILES string of the molecule is Nc1nc(I)c2c(n1)CN(C(=O)NC13CC(C1)C3)C2. The van der Waals surface area contributed by atoms with Crippen molar-refractivity contribution in [2.24, 2.45) is 5.92 Å². The molecular formula is C12H14IN5O. The topological polar surface area (TPSA) is 84.1 Å². The third-order valence-corrected chi connectivity index (χ3v) is 5.34. The molecule has 3 fully saturated rings. The molecule has 0 unspecified atom stereocenters. The van der Waals surface area contributed by atoms with Crippen molar-refractivity contribution in [2.45, 2.75) is 37.9 Å². The summed E-state index contributed by atoms with van der Waals surface area (Å²) in [5.41, 5.74) is 7.67. The zero-order valence-corrected chi connectivity index (χ0v) is 12.5. The monoisotopic (exact) mass is 371 g/mol. The minimum Gasteiger partial charge on any atom is -0.368 e. The fourth-order valence-corrected chi connectivity index (χ4v) is 4.04. The van der Waals surface area contributed by atoms with E-state index in [0.717, 1.165) is 40.1 Å². The van der Waals surface area contributed by atoms with Crippen LogP contribution in [0.25, 0.3) is 0 Å². The summed E-state index contributed by atoms with van der Waals surface area (Å²) in [6.07, 6.45) is 3.47. The number of nitrogen functional groups attached to an aromatic ring is 1. The number of nitrogens with two attached hydrogens (primary N) is 1. The smallest absolute Gasteiger partial charge is 0.318 e. The van der Waals surface area contributed by atoms with Crippen LogP contribution in [0.15, 0.2) is 0 Å². The van der Waals surface area contributed by atoms with Crippen molar-refractivity contribution in [1.29, 1.82) is 0 Å². The lowest BCUT2D eigenvalue weighted by Gasteiger charge is -2.61. The van der Waals surface area contributed by atoms with Gasteiger partial charge >= 0.3 is 6.03 Å². The van der Waals surface area contributed by atoms with Gasteiger partial charge in [0.15, 0.2) is 0 Å². The minimum atomic E-state index is 0.0190. The number of carbonyl (C=O) groups is 1. The van der Waals surface area contributed by atoms with Crippen LogP contribution in [-0.4, -0.2) is 26.4 Å². The van der Waals surface area contributed by atoms with Gasteiger partial charge in [0.05, 0.1) is 18.8 Å². The molecule has 0 atom stereocenters. The molecule has 3 aliphatic carbocycles. The van der Waals surface area contributed by atoms with E-state index in [1.165, 1.54) is 0 Å². The first kappa shape index (κ1) is 11.7. The van der Waals surface area contributed by atoms with E-state index in [1.54, 1.807) is 4.90 Å². The first-order chi connectivity index (χ1) is 9.05. The molecule has 5 rings (SSSR count). The van der Waals surface area contributed by atoms with Crippen molar-refractivity contribution >= 4 is 34.6 Å². The molecule has 2 heterocycles. The number of nitrogens with zero attached hydrogens (tertiary/aromatic N) is 3. The van der Waals surface area contributed by atoms with Gasteiger partial charge < -0.3 is 16.0 Å². The Kier molecular flexibility index (Phi) is 2.28. The quantitative estimate of drug-likeness (QED) is 0.575. The lowest BCUT2D eigenvalue weighted by Crippen LogP contribution is -2.69. The molecule has 6 nitrogen and oxygen atoms in total. The molecule has 2 amide bonds. The maximum absolute atomic E-state index is 12.3. The van der Waals surface area contributed by atoms with Crippen molar-refractivity contribution in [1.82, 2.24) is 20.2 Å². The van der Waals surface area contributed by atoms with Gasteiger partial charge in [0.25, 0.3) is 0 Å². The van der Waals surface area contributed by atoms with E-state index in [-0.39, 0.29) is 17.5 Å². The minimum absolute atomic E-state index is 0.0190. The molecule has 1 aromatic rings. The van der Waals surface area contributed by atoms with Crippen molar-refractivity contribution in [3.8, 4) is 0 Å². The normalized spacial score (nSPS) is 30.4. The van der Waals surface area contributed by atoms with Crippen molar-refractivity contribution in [3.63, 3.8) is 0 Å². The van der Waals surface area contributed by atoms with Gasteiger partial charge in [0, 0.05) is 11.1 Å². The maximum Gasteiger partial charge on any atom is 0.318 e. The second-order valence-corrected chi connectivity index (χ2v) is 6.86. The molecule has 0 saturated heterocycles. The summed E-state index contributed by atoms with van der Waals surface area (Å²) in [5, 5.41) is 3.17. The van der Waals surface area contributed by atoms with Gasteiger partial charge in [0.2, 0.25) is 5.95 Å². The average molecular weight is 371 g/mol. The molecule has 0 radical (unpaired) electrons. The Morgan fingerprint density at radius 2 is 2.11 bits per heavy atom. The van der Waals surface area contributed by atoms with E-state index in [2.05, 4.69) is 37.9 Å². The predicted molar refractivity (Wildman–Crippen MR) is 77.0 cm³/mol. The summed E-state index contributed by atoms with van der Waals surface area (Å²) >= 11 is 2.15. The van der Waals surface area contributed by atoms with Crippen LogP contribution >= 0.6 is 22.6 Å². The molecule has 19 heavy (non-hydrogen) atoms. The average Bonchev–Trinajstić information content (AvgIpc) is 2.65. The molecule has 100 valence electrons. The highest BCUT2D eigenvalue weighted by Gasteiger charge is 2.57. The van der Waals surface area contributed by atoms with Gasteiger partial charge in [-0.3, -0.25) is 0 Å². The number of hydrogen-bond donors (Lipinski definition) is 2. The van der Waals surface area contributed by atoms with E-state index in [9.17, 15) is 4.79 Å². The summed E-state index contributed by atoms with van der Waals surface area (Å²) in [5.74, 6) is 1.15. The number of anilines is 1. The summed E-state index contributed by atoms with van der Waals surface area (Å²) in [6, 6.07) is 0.0190. The summed E-state index contributed by atoms with van der Waals surface area (Å²) in [6.45, 7) is 1.11. The van der Waals surface area contributed by atoms with Crippen LogP contribution in [0.3, 0.4) is 0 Å². The Bertz CT molecular complexity index is 573. The highest BCUT2D eigenvalue weighted by Crippen LogP contribution is 2.57. The van der Waals surface area contributed by atoms with Crippen LogP contribution in [0.2, 0.25) is 0 Å². The van der Waals surface area contributed by atoms with Crippen molar-refractivity contribution in [2.75, 3.05) is 5.73 Å². The first-order valence-electron chi connectivity index (χ1n) is 6.42. The van der Waals surface area contributed by atoms with Crippen molar-refractivity contribution < 1.29 is 4.79 Å². The van der Waals surface area contributed by atoms with Gasteiger partial charge in [-0.1, -0.05) is 0 Å². The molecule has 0 aromatic carbocycles. The second kappa shape index (κ2) is 3.71. The van der Waals surface area contributed by atoms with Crippen LogP contribution in [0.4, 0.5) is 10.7 Å². The molecule has 4 aliphatic rings. The molecule has 1 aliphatic heterocycles. The number of amides is 2. The molecule has 0 spiro atoms. The number of fused-ring (bicyclic) bond motifs is 1. The van der Waals surface area contributed by atoms with Crippen LogP contribution in [0, 0.1) is 9.62 Å². The van der Waals surface area contributed by atoms with Crippen molar-refractivity contribution in [3.05, 3.63) is 15.0 Å². The number of aromatic nitrogens is 2. The van der Waals surface area contributed by atoms with Gasteiger partial charge in [-0.2, -0.15) is 0 Å². The Morgan fingerprint density at radius 1 is 1.37 bits per heavy atom. The summed E-state index contributed by atoms with van der Waals surface area (Å²) in [4.78, 5) is 22.4. The summed E-state index contributed by atoms with van der Waals surface area (Å²) in [7, 11) is 0. The number of rotatable bonds is 1. The zero-order chi connectivity index (χ0) is 13.2. The van der Waals surface area contributed by atoms with Crippen LogP contribution in [-0.2, 0) is 13.1 Å². The van der Waals surface area contributed by atoms with E-state index in [0.29, 0.717) is 13.1 Å². The van der Waals surface area contributed by atoms with Gasteiger partial charge in [0.1, 0.15) is 3.70 Å². The highest BCUT2D eigenvalue weighted by atomic mass is 127. The lowest BCUT2D eigenvalue weighted by atomic mass is 9.50.